The molecule has 0 rings (SSSR count). The van der Waals surface area contributed by atoms with Crippen LogP contribution in [-0.4, -0.2) is 75.9 Å². The summed E-state index contributed by atoms with van der Waals surface area (Å²) in [7, 11) is 2.62. The summed E-state index contributed by atoms with van der Waals surface area (Å²) >= 11 is 0. The van der Waals surface area contributed by atoms with Gasteiger partial charge < -0.3 is 9.80 Å². The highest BCUT2D eigenvalue weighted by molar-refractivity contribution is 6.56. The maximum atomic E-state index is 13.9. The van der Waals surface area contributed by atoms with E-state index in [9.17, 15) is 39.5 Å². The van der Waals surface area contributed by atoms with Gasteiger partial charge in [0.1, 0.15) is 0 Å². The van der Waals surface area contributed by atoms with Crippen LogP contribution in [0.4, 0.5) is 39.5 Å². The Balaban J connectivity index is 5.77. The van der Waals surface area contributed by atoms with Crippen LogP contribution in [0.2, 0.25) is 13.1 Å². The fraction of sp³-hybridized carbons (Fsp3) is 0.923. The Morgan fingerprint density at radius 3 is 1.65 bits per heavy atom. The molecule has 155 valence electrons. The molecule has 0 spiro atoms. The monoisotopic (exact) mass is 418 g/mol. The van der Waals surface area contributed by atoms with Gasteiger partial charge in [-0.25, -0.2) is 0 Å². The topological polar surface area (TPSA) is 18.8 Å². The predicted molar refractivity (Wildman–Crippen MR) is 81.4 cm³/mol. The van der Waals surface area contributed by atoms with Gasteiger partial charge in [0.25, 0.3) is 0 Å². The Morgan fingerprint density at radius 2 is 1.31 bits per heavy atom. The lowest BCUT2D eigenvalue weighted by Crippen LogP contribution is -2.55. The molecule has 0 heterocycles. The van der Waals surface area contributed by atoms with Crippen molar-refractivity contribution < 1.29 is 39.5 Å². The van der Waals surface area contributed by atoms with Crippen molar-refractivity contribution in [3.05, 3.63) is 0 Å². The number of nitrogens with zero attached hydrogens (tertiary/aromatic N) is 3. The largest absolute Gasteiger partial charge is 0.414 e. The Labute approximate surface area is 147 Å². The van der Waals surface area contributed by atoms with Crippen molar-refractivity contribution in [2.24, 2.45) is 4.99 Å². The molecule has 0 saturated carbocycles. The van der Waals surface area contributed by atoms with E-state index >= 15 is 0 Å². The highest BCUT2D eigenvalue weighted by atomic mass is 28.3. The smallest absolute Gasteiger partial charge is 0.349 e. The molecule has 0 aromatic heterocycles. The van der Waals surface area contributed by atoms with E-state index < -0.39 is 51.7 Å². The molecule has 26 heavy (non-hydrogen) atoms. The minimum atomic E-state index is -6.10. The quantitative estimate of drug-likeness (QED) is 0.201. The third-order valence-corrected chi connectivity index (χ3v) is 4.20. The predicted octanol–water partition coefficient (Wildman–Crippen LogP) is 4.34. The van der Waals surface area contributed by atoms with Gasteiger partial charge >= 0.3 is 24.1 Å². The maximum absolute atomic E-state index is 13.9. The van der Waals surface area contributed by atoms with Crippen molar-refractivity contribution in [3.63, 3.8) is 0 Å². The minimum Gasteiger partial charge on any atom is -0.349 e. The maximum Gasteiger partial charge on any atom is 0.414 e. The van der Waals surface area contributed by atoms with Crippen molar-refractivity contribution >= 4 is 14.8 Å². The van der Waals surface area contributed by atoms with Crippen LogP contribution >= 0.6 is 0 Å². The minimum absolute atomic E-state index is 0.202. The van der Waals surface area contributed by atoms with Crippen LogP contribution in [-0.2, 0) is 0 Å². The average Bonchev–Trinajstić information content (AvgIpc) is 2.40. The van der Waals surface area contributed by atoms with Crippen molar-refractivity contribution in [2.45, 2.75) is 50.0 Å². The fourth-order valence-corrected chi connectivity index (χ4v) is 3.03. The van der Waals surface area contributed by atoms with E-state index in [0.717, 1.165) is 9.80 Å². The molecule has 0 aliphatic rings. The first-order valence-electron chi connectivity index (χ1n) is 7.31. The van der Waals surface area contributed by atoms with Crippen LogP contribution in [0.15, 0.2) is 4.99 Å². The number of hydrogen-bond donors (Lipinski definition) is 0. The van der Waals surface area contributed by atoms with Crippen LogP contribution in [0.25, 0.3) is 0 Å². The molecule has 0 saturated heterocycles. The Kier molecular flexibility index (Phi) is 7.89. The van der Waals surface area contributed by atoms with Gasteiger partial charge in [-0.3, -0.25) is 0 Å². The molecule has 3 nitrogen and oxygen atoms in total. The number of rotatable bonds is 7. The summed E-state index contributed by atoms with van der Waals surface area (Å²) in [6.07, 6.45) is -9.78. The second kappa shape index (κ2) is 8.25. The standard InChI is InChI=1S/C13H21F9N3Si/c1-24(2)9(25(3)8-26(4)5)23-13(21,22)12(19,20)10(14,15)6-7-11(16,17)18/h6-8H2,1-5H3. The summed E-state index contributed by atoms with van der Waals surface area (Å²) in [5.41, 5.74) is 0. The second-order valence-corrected chi connectivity index (χ2v) is 9.04. The fourth-order valence-electron chi connectivity index (χ4n) is 1.94. The van der Waals surface area contributed by atoms with Crippen LogP contribution < -0.4 is 0 Å². The van der Waals surface area contributed by atoms with Crippen molar-refractivity contribution in [2.75, 3.05) is 27.3 Å². The van der Waals surface area contributed by atoms with Crippen LogP contribution in [0.1, 0.15) is 12.8 Å². The number of guanidine groups is 1. The highest BCUT2D eigenvalue weighted by Crippen LogP contribution is 2.49. The van der Waals surface area contributed by atoms with Crippen LogP contribution in [0, 0.1) is 0 Å². The molecule has 0 atom stereocenters. The van der Waals surface area contributed by atoms with Crippen LogP contribution in [0.3, 0.4) is 0 Å². The summed E-state index contributed by atoms with van der Waals surface area (Å²) < 4.78 is 118. The lowest BCUT2D eigenvalue weighted by Gasteiger charge is -2.33. The summed E-state index contributed by atoms with van der Waals surface area (Å²) in [5.74, 6) is -12.4. The van der Waals surface area contributed by atoms with Gasteiger partial charge in [-0.05, 0) is 0 Å². The Hall–Kier alpha value is -1.14. The van der Waals surface area contributed by atoms with Gasteiger partial charge in [0.05, 0.1) is 8.80 Å². The van der Waals surface area contributed by atoms with Crippen molar-refractivity contribution in [1.29, 1.82) is 0 Å². The summed E-state index contributed by atoms with van der Waals surface area (Å²) in [4.78, 5) is 4.52. The van der Waals surface area contributed by atoms with Gasteiger partial charge in [0.15, 0.2) is 0 Å². The number of aliphatic imine (C=N–C) groups is 1. The molecule has 0 aromatic rings. The molecule has 1 radical (unpaired) electrons. The molecule has 0 aromatic carbocycles. The second-order valence-electron chi connectivity index (χ2n) is 6.30. The number of alkyl halides is 9. The molecular formula is C13H21F9N3Si. The molecule has 13 heteroatoms. The van der Waals surface area contributed by atoms with Crippen molar-refractivity contribution in [3.8, 4) is 0 Å². The zero-order valence-electron chi connectivity index (χ0n) is 14.9. The third kappa shape index (κ3) is 6.54. The Bertz CT molecular complexity index is 490. The molecule has 0 aliphatic heterocycles. The molecule has 0 unspecified atom stereocenters. The number of halogens is 9. The lowest BCUT2D eigenvalue weighted by atomic mass is 10.0. The summed E-state index contributed by atoms with van der Waals surface area (Å²) in [5, 5.41) is 0. The first-order valence-corrected chi connectivity index (χ1v) is 10.0. The molecule has 0 bridgehead atoms. The normalized spacial score (nSPS) is 14.8. The summed E-state index contributed by atoms with van der Waals surface area (Å²) in [6.45, 7) is 3.60. The van der Waals surface area contributed by atoms with Gasteiger partial charge in [-0.2, -0.15) is 44.5 Å². The van der Waals surface area contributed by atoms with Gasteiger partial charge in [0, 0.05) is 40.2 Å². The van der Waals surface area contributed by atoms with E-state index in [4.69, 9.17) is 0 Å². The van der Waals surface area contributed by atoms with E-state index in [0.29, 0.717) is 0 Å². The van der Waals surface area contributed by atoms with E-state index in [1.54, 1.807) is 13.1 Å². The molecular weight excluding hydrogens is 397 g/mol. The molecule has 0 aliphatic carbocycles. The first-order chi connectivity index (χ1) is 11.3. The van der Waals surface area contributed by atoms with Crippen molar-refractivity contribution in [1.82, 2.24) is 9.80 Å². The van der Waals surface area contributed by atoms with Crippen LogP contribution in [0.5, 0.6) is 0 Å². The SMILES string of the molecule is CN(C)C(=NC(F)(F)C(F)(F)C(F)(F)CCC(F)(F)F)N(C)C[Si](C)C. The van der Waals surface area contributed by atoms with E-state index in [2.05, 4.69) is 4.99 Å². The zero-order chi connectivity index (χ0) is 21.1. The number of hydrogen-bond acceptors (Lipinski definition) is 1. The van der Waals surface area contributed by atoms with Gasteiger partial charge in [-0.15, -0.1) is 0 Å². The first kappa shape index (κ1) is 24.9. The third-order valence-electron chi connectivity index (χ3n) is 3.09. The summed E-state index contributed by atoms with van der Waals surface area (Å²) in [6, 6.07) is -5.61. The molecule has 0 fully saturated rings. The molecule has 0 amide bonds. The zero-order valence-corrected chi connectivity index (χ0v) is 15.9. The molecule has 0 N–H and O–H groups in total. The lowest BCUT2D eigenvalue weighted by molar-refractivity contribution is -0.312. The average molecular weight is 418 g/mol. The van der Waals surface area contributed by atoms with E-state index in [-0.39, 0.29) is 6.17 Å². The van der Waals surface area contributed by atoms with E-state index in [1.807, 2.05) is 0 Å². The van der Waals surface area contributed by atoms with Gasteiger partial charge in [-0.1, -0.05) is 13.1 Å². The van der Waals surface area contributed by atoms with Gasteiger partial charge in [0.2, 0.25) is 5.96 Å². The Morgan fingerprint density at radius 1 is 0.846 bits per heavy atom. The highest BCUT2D eigenvalue weighted by Gasteiger charge is 2.72. The van der Waals surface area contributed by atoms with E-state index in [1.165, 1.54) is 21.1 Å².